The molecule has 0 bridgehead atoms. The molecule has 1 aromatic rings. The Balaban J connectivity index is 0.00000484. The van der Waals surface area contributed by atoms with E-state index in [2.05, 4.69) is 6.92 Å². The van der Waals surface area contributed by atoms with E-state index in [-0.39, 0.29) is 22.0 Å². The van der Waals surface area contributed by atoms with E-state index in [1.54, 1.807) is 12.1 Å². The van der Waals surface area contributed by atoms with E-state index in [0.29, 0.717) is 0 Å². The van der Waals surface area contributed by atoms with Crippen LogP contribution in [-0.2, 0) is 33.6 Å². The van der Waals surface area contributed by atoms with Crippen molar-refractivity contribution >= 4 is 10.1 Å². The summed E-state index contributed by atoms with van der Waals surface area (Å²) in [5, 5.41) is 0. The topological polar surface area (TPSA) is 54.4 Å². The van der Waals surface area contributed by atoms with Gasteiger partial charge in [-0.1, -0.05) is 76.8 Å². The van der Waals surface area contributed by atoms with Gasteiger partial charge in [-0.2, -0.15) is 8.42 Å². The van der Waals surface area contributed by atoms with Crippen LogP contribution in [0.15, 0.2) is 29.2 Å². The number of aryl methyl sites for hydroxylation is 1. The molecule has 1 N–H and O–H groups in total. The third kappa shape index (κ3) is 10.9. The summed E-state index contributed by atoms with van der Waals surface area (Å²) in [6, 6.07) is 6.52. The molecule has 1 aromatic carbocycles. The van der Waals surface area contributed by atoms with E-state index < -0.39 is 10.1 Å². The summed E-state index contributed by atoms with van der Waals surface area (Å²) >= 11 is 0. The third-order valence-corrected chi connectivity index (χ3v) is 4.91. The molecular formula is C18H30FeO3S. The summed E-state index contributed by atoms with van der Waals surface area (Å²) in [6.45, 7) is 2.25. The van der Waals surface area contributed by atoms with Crippen LogP contribution in [0.5, 0.6) is 0 Å². The van der Waals surface area contributed by atoms with E-state index in [1.165, 1.54) is 69.9 Å². The molecule has 0 aliphatic carbocycles. The average Bonchev–Trinajstić information content (AvgIpc) is 2.49. The maximum atomic E-state index is 10.9. The second kappa shape index (κ2) is 13.0. The van der Waals surface area contributed by atoms with Crippen LogP contribution in [0.25, 0.3) is 0 Å². The Morgan fingerprint density at radius 3 is 1.65 bits per heavy atom. The SMILES string of the molecule is CCCCCCCCCCCCc1ccc(S(=O)(=O)O)cc1.[Fe]. The second-order valence-corrected chi connectivity index (χ2v) is 7.47. The smallest absolute Gasteiger partial charge is 0.282 e. The fraction of sp³-hybridized carbons (Fsp3) is 0.667. The van der Waals surface area contributed by atoms with E-state index in [0.717, 1.165) is 18.4 Å². The summed E-state index contributed by atoms with van der Waals surface area (Å²) in [5.41, 5.74) is 1.13. The first kappa shape index (κ1) is 22.6. The monoisotopic (exact) mass is 382 g/mol. The molecule has 0 atom stereocenters. The zero-order valence-electron chi connectivity index (χ0n) is 14.1. The van der Waals surface area contributed by atoms with Crippen LogP contribution in [0.1, 0.15) is 76.7 Å². The molecule has 23 heavy (non-hydrogen) atoms. The van der Waals surface area contributed by atoms with Crippen LogP contribution in [-0.4, -0.2) is 13.0 Å². The Morgan fingerprint density at radius 2 is 1.22 bits per heavy atom. The Kier molecular flexibility index (Phi) is 12.8. The van der Waals surface area contributed by atoms with Gasteiger partial charge in [0.15, 0.2) is 0 Å². The summed E-state index contributed by atoms with van der Waals surface area (Å²) in [5.74, 6) is 0. The van der Waals surface area contributed by atoms with Crippen LogP contribution < -0.4 is 0 Å². The van der Waals surface area contributed by atoms with E-state index in [9.17, 15) is 8.42 Å². The van der Waals surface area contributed by atoms with Gasteiger partial charge in [0.2, 0.25) is 0 Å². The Bertz CT molecular complexity index is 498. The molecule has 0 saturated heterocycles. The van der Waals surface area contributed by atoms with Gasteiger partial charge < -0.3 is 0 Å². The van der Waals surface area contributed by atoms with Gasteiger partial charge in [-0.05, 0) is 30.5 Å². The van der Waals surface area contributed by atoms with Gasteiger partial charge in [-0.3, -0.25) is 4.55 Å². The van der Waals surface area contributed by atoms with Crippen LogP contribution in [0.2, 0.25) is 0 Å². The Labute approximate surface area is 152 Å². The van der Waals surface area contributed by atoms with Crippen LogP contribution >= 0.6 is 0 Å². The Morgan fingerprint density at radius 1 is 0.783 bits per heavy atom. The normalized spacial score (nSPS) is 11.2. The molecule has 0 aliphatic heterocycles. The van der Waals surface area contributed by atoms with E-state index >= 15 is 0 Å². The standard InChI is InChI=1S/C18H30O3S.Fe/c1-2-3-4-5-6-7-8-9-10-11-12-17-13-15-18(16-14-17)22(19,20)21;/h13-16H,2-12H2,1H3,(H,19,20,21);. The molecular weight excluding hydrogens is 352 g/mol. The first-order valence-electron chi connectivity index (χ1n) is 8.60. The van der Waals surface area contributed by atoms with Gasteiger partial charge in [-0.25, -0.2) is 0 Å². The first-order valence-corrected chi connectivity index (χ1v) is 10.0. The quantitative estimate of drug-likeness (QED) is 0.299. The second-order valence-electron chi connectivity index (χ2n) is 6.05. The molecule has 5 heteroatoms. The molecule has 0 fully saturated rings. The number of hydrogen-bond acceptors (Lipinski definition) is 2. The molecule has 0 amide bonds. The fourth-order valence-corrected chi connectivity index (χ4v) is 3.12. The minimum absolute atomic E-state index is 0. The predicted octanol–water partition coefficient (Wildman–Crippen LogP) is 5.39. The number of benzene rings is 1. The van der Waals surface area contributed by atoms with Crippen molar-refractivity contribution in [2.75, 3.05) is 0 Å². The fourth-order valence-electron chi connectivity index (χ4n) is 2.64. The van der Waals surface area contributed by atoms with Gasteiger partial charge in [0.25, 0.3) is 10.1 Å². The number of hydrogen-bond donors (Lipinski definition) is 1. The average molecular weight is 382 g/mol. The van der Waals surface area contributed by atoms with Crippen molar-refractivity contribution in [3.05, 3.63) is 29.8 Å². The summed E-state index contributed by atoms with van der Waals surface area (Å²) < 4.78 is 30.8. The van der Waals surface area contributed by atoms with E-state index in [4.69, 9.17) is 4.55 Å². The van der Waals surface area contributed by atoms with Crippen molar-refractivity contribution in [1.29, 1.82) is 0 Å². The largest absolute Gasteiger partial charge is 0.294 e. The first-order chi connectivity index (χ1) is 10.5. The van der Waals surface area contributed by atoms with Gasteiger partial charge in [-0.15, -0.1) is 0 Å². The summed E-state index contributed by atoms with van der Waals surface area (Å²) in [6.07, 6.45) is 14.1. The molecule has 1 rings (SSSR count). The van der Waals surface area contributed by atoms with Gasteiger partial charge in [0.1, 0.15) is 0 Å². The molecule has 3 nitrogen and oxygen atoms in total. The number of rotatable bonds is 12. The zero-order chi connectivity index (χ0) is 16.3. The minimum Gasteiger partial charge on any atom is -0.282 e. The summed E-state index contributed by atoms with van der Waals surface area (Å²) in [7, 11) is -4.06. The molecule has 0 spiro atoms. The molecule has 0 radical (unpaired) electrons. The Hall–Kier alpha value is -0.351. The van der Waals surface area contributed by atoms with Gasteiger partial charge in [0.05, 0.1) is 4.90 Å². The van der Waals surface area contributed by atoms with Crippen molar-refractivity contribution in [3.63, 3.8) is 0 Å². The zero-order valence-corrected chi connectivity index (χ0v) is 16.0. The molecule has 0 heterocycles. The van der Waals surface area contributed by atoms with Crippen molar-refractivity contribution in [2.24, 2.45) is 0 Å². The maximum Gasteiger partial charge on any atom is 0.294 e. The van der Waals surface area contributed by atoms with Crippen molar-refractivity contribution in [3.8, 4) is 0 Å². The minimum atomic E-state index is -4.06. The van der Waals surface area contributed by atoms with E-state index in [1.807, 2.05) is 0 Å². The van der Waals surface area contributed by atoms with Crippen molar-refractivity contribution < 1.29 is 30.0 Å². The van der Waals surface area contributed by atoms with Crippen molar-refractivity contribution in [2.45, 2.75) is 82.4 Å². The predicted molar refractivity (Wildman–Crippen MR) is 91.8 cm³/mol. The molecule has 0 saturated carbocycles. The molecule has 0 unspecified atom stereocenters. The van der Waals surface area contributed by atoms with Crippen LogP contribution in [0.4, 0.5) is 0 Å². The van der Waals surface area contributed by atoms with Crippen LogP contribution in [0, 0.1) is 0 Å². The maximum absolute atomic E-state index is 10.9. The van der Waals surface area contributed by atoms with Gasteiger partial charge >= 0.3 is 0 Å². The third-order valence-electron chi connectivity index (χ3n) is 4.04. The number of unbranched alkanes of at least 4 members (excludes halogenated alkanes) is 9. The molecule has 134 valence electrons. The van der Waals surface area contributed by atoms with Crippen molar-refractivity contribution in [1.82, 2.24) is 0 Å². The summed E-state index contributed by atoms with van der Waals surface area (Å²) in [4.78, 5) is -0.0284. The van der Waals surface area contributed by atoms with Crippen LogP contribution in [0.3, 0.4) is 0 Å². The molecule has 0 aliphatic rings. The molecule has 0 aromatic heterocycles. The van der Waals surface area contributed by atoms with Gasteiger partial charge in [0, 0.05) is 17.1 Å².